The Hall–Kier alpha value is -1.23. The van der Waals surface area contributed by atoms with Gasteiger partial charge < -0.3 is 15.8 Å². The zero-order chi connectivity index (χ0) is 11.8. The minimum Gasteiger partial charge on any atom is -0.394 e. The van der Waals surface area contributed by atoms with Crippen molar-refractivity contribution in [2.75, 3.05) is 24.3 Å². The fourth-order valence-corrected chi connectivity index (χ4v) is 2.06. The summed E-state index contributed by atoms with van der Waals surface area (Å²) < 4.78 is 7.19. The van der Waals surface area contributed by atoms with E-state index in [1.54, 1.807) is 0 Å². The molecule has 0 amide bonds. The first-order valence-electron chi connectivity index (χ1n) is 5.67. The fraction of sp³-hybridized carbons (Fsp3) is 0.727. The number of hydrogen-bond donors (Lipinski definition) is 2. The van der Waals surface area contributed by atoms with Crippen molar-refractivity contribution in [1.29, 1.82) is 0 Å². The zero-order valence-corrected chi connectivity index (χ0v) is 10.2. The van der Waals surface area contributed by atoms with Crippen LogP contribution in [0, 0.1) is 6.92 Å². The highest BCUT2D eigenvalue weighted by atomic mass is 16.5. The number of ether oxygens (including phenoxy) is 1. The summed E-state index contributed by atoms with van der Waals surface area (Å²) in [5, 5.41) is 7.82. The summed E-state index contributed by atoms with van der Waals surface area (Å²) in [6.45, 7) is 5.74. The molecule has 1 aliphatic heterocycles. The number of nitrogens with one attached hydrogen (secondary N) is 1. The van der Waals surface area contributed by atoms with Gasteiger partial charge >= 0.3 is 0 Å². The molecule has 5 nitrogen and oxygen atoms in total. The standard InChI is InChI=1S/C11H20N4O/c1-8-9(12)10(15(3)14-8)13-11(2)4-6-16-7-5-11/h13H,4-7,12H2,1-3H3. The number of rotatable bonds is 2. The van der Waals surface area contributed by atoms with E-state index >= 15 is 0 Å². The molecular weight excluding hydrogens is 204 g/mol. The Kier molecular flexibility index (Phi) is 2.80. The molecular formula is C11H20N4O. The van der Waals surface area contributed by atoms with E-state index in [2.05, 4.69) is 17.3 Å². The van der Waals surface area contributed by atoms with Gasteiger partial charge in [0.25, 0.3) is 0 Å². The van der Waals surface area contributed by atoms with Crippen LogP contribution in [0.2, 0.25) is 0 Å². The third-order valence-corrected chi connectivity index (χ3v) is 3.29. The third-order valence-electron chi connectivity index (χ3n) is 3.29. The number of hydrogen-bond acceptors (Lipinski definition) is 4. The van der Waals surface area contributed by atoms with Crippen molar-refractivity contribution < 1.29 is 4.74 Å². The molecule has 16 heavy (non-hydrogen) atoms. The van der Waals surface area contributed by atoms with Gasteiger partial charge in [0.05, 0.1) is 11.4 Å². The van der Waals surface area contributed by atoms with Crippen molar-refractivity contribution in [1.82, 2.24) is 9.78 Å². The van der Waals surface area contributed by atoms with E-state index in [0.29, 0.717) is 0 Å². The molecule has 0 aromatic carbocycles. The van der Waals surface area contributed by atoms with Gasteiger partial charge in [-0.25, -0.2) is 0 Å². The molecule has 0 bridgehead atoms. The van der Waals surface area contributed by atoms with E-state index in [0.717, 1.165) is 43.3 Å². The van der Waals surface area contributed by atoms with Gasteiger partial charge in [-0.1, -0.05) is 0 Å². The van der Waals surface area contributed by atoms with Gasteiger partial charge in [-0.05, 0) is 26.7 Å². The first-order valence-corrected chi connectivity index (χ1v) is 5.67. The van der Waals surface area contributed by atoms with Crippen molar-refractivity contribution in [2.45, 2.75) is 32.2 Å². The lowest BCUT2D eigenvalue weighted by Crippen LogP contribution is -2.41. The minimum absolute atomic E-state index is 0.0621. The summed E-state index contributed by atoms with van der Waals surface area (Å²) in [6.07, 6.45) is 1.99. The van der Waals surface area contributed by atoms with Crippen LogP contribution in [0.4, 0.5) is 11.5 Å². The van der Waals surface area contributed by atoms with Gasteiger partial charge in [-0.2, -0.15) is 5.10 Å². The maximum Gasteiger partial charge on any atom is 0.148 e. The topological polar surface area (TPSA) is 65.1 Å². The van der Waals surface area contributed by atoms with Crippen molar-refractivity contribution in [3.05, 3.63) is 5.69 Å². The third kappa shape index (κ3) is 2.00. The van der Waals surface area contributed by atoms with Crippen LogP contribution in [0.25, 0.3) is 0 Å². The van der Waals surface area contributed by atoms with E-state index in [4.69, 9.17) is 10.5 Å². The second-order valence-corrected chi connectivity index (χ2v) is 4.77. The molecule has 3 N–H and O–H groups in total. The lowest BCUT2D eigenvalue weighted by Gasteiger charge is -2.35. The number of nitrogens with zero attached hydrogens (tertiary/aromatic N) is 2. The Balaban J connectivity index is 2.19. The van der Waals surface area contributed by atoms with Crippen LogP contribution in [0.1, 0.15) is 25.5 Å². The van der Waals surface area contributed by atoms with Crippen LogP contribution in [-0.2, 0) is 11.8 Å². The smallest absolute Gasteiger partial charge is 0.148 e. The van der Waals surface area contributed by atoms with E-state index in [1.807, 2.05) is 18.7 Å². The van der Waals surface area contributed by atoms with Crippen molar-refractivity contribution in [2.24, 2.45) is 7.05 Å². The Labute approximate surface area is 96.0 Å². The summed E-state index contributed by atoms with van der Waals surface area (Å²) in [7, 11) is 1.91. The van der Waals surface area contributed by atoms with Crippen molar-refractivity contribution in [3.63, 3.8) is 0 Å². The minimum atomic E-state index is 0.0621. The quantitative estimate of drug-likeness (QED) is 0.794. The highest BCUT2D eigenvalue weighted by Crippen LogP contribution is 2.29. The predicted octanol–water partition coefficient (Wildman–Crippen LogP) is 1.29. The highest BCUT2D eigenvalue weighted by molar-refractivity contribution is 5.65. The fourth-order valence-electron chi connectivity index (χ4n) is 2.06. The van der Waals surface area contributed by atoms with Gasteiger partial charge in [0.15, 0.2) is 0 Å². The van der Waals surface area contributed by atoms with E-state index < -0.39 is 0 Å². The Morgan fingerprint density at radius 2 is 2.06 bits per heavy atom. The van der Waals surface area contributed by atoms with Gasteiger partial charge in [-0.15, -0.1) is 0 Å². The van der Waals surface area contributed by atoms with Crippen LogP contribution in [0.5, 0.6) is 0 Å². The number of anilines is 2. The van der Waals surface area contributed by atoms with Crippen LogP contribution in [0.15, 0.2) is 0 Å². The molecule has 1 aromatic rings. The van der Waals surface area contributed by atoms with E-state index in [1.165, 1.54) is 0 Å². The summed E-state index contributed by atoms with van der Waals surface area (Å²) >= 11 is 0. The zero-order valence-electron chi connectivity index (χ0n) is 10.2. The maximum absolute atomic E-state index is 6.00. The molecule has 90 valence electrons. The molecule has 0 atom stereocenters. The van der Waals surface area contributed by atoms with Crippen LogP contribution < -0.4 is 11.1 Å². The number of nitrogens with two attached hydrogens (primary N) is 1. The molecule has 2 heterocycles. The van der Waals surface area contributed by atoms with Gasteiger partial charge in [0.1, 0.15) is 5.82 Å². The predicted molar refractivity (Wildman–Crippen MR) is 64.4 cm³/mol. The summed E-state index contributed by atoms with van der Waals surface area (Å²) in [6, 6.07) is 0. The van der Waals surface area contributed by atoms with E-state index in [-0.39, 0.29) is 5.54 Å². The molecule has 0 aliphatic carbocycles. The molecule has 0 radical (unpaired) electrons. The average Bonchev–Trinajstić information content (AvgIpc) is 2.46. The molecule has 2 rings (SSSR count). The molecule has 5 heteroatoms. The molecule has 1 aliphatic rings. The molecule has 1 fully saturated rings. The first-order chi connectivity index (χ1) is 7.52. The Bertz CT molecular complexity index is 380. The SMILES string of the molecule is Cc1nn(C)c(NC2(C)CCOCC2)c1N. The maximum atomic E-state index is 6.00. The number of aryl methyl sites for hydroxylation is 2. The number of nitrogen functional groups attached to an aromatic ring is 1. The molecule has 1 aromatic heterocycles. The van der Waals surface area contributed by atoms with Gasteiger partial charge in [-0.3, -0.25) is 4.68 Å². The van der Waals surface area contributed by atoms with Crippen LogP contribution in [-0.4, -0.2) is 28.5 Å². The molecule has 0 unspecified atom stereocenters. The highest BCUT2D eigenvalue weighted by Gasteiger charge is 2.29. The number of aromatic nitrogens is 2. The molecule has 1 saturated heterocycles. The largest absolute Gasteiger partial charge is 0.394 e. The lowest BCUT2D eigenvalue weighted by atomic mass is 9.92. The van der Waals surface area contributed by atoms with Crippen molar-refractivity contribution in [3.8, 4) is 0 Å². The summed E-state index contributed by atoms with van der Waals surface area (Å²) in [5.74, 6) is 0.918. The first kappa shape index (κ1) is 11.3. The van der Waals surface area contributed by atoms with Gasteiger partial charge in [0.2, 0.25) is 0 Å². The lowest BCUT2D eigenvalue weighted by molar-refractivity contribution is 0.0656. The molecule has 0 spiro atoms. The molecule has 0 saturated carbocycles. The Morgan fingerprint density at radius 1 is 1.44 bits per heavy atom. The summed E-state index contributed by atoms with van der Waals surface area (Å²) in [4.78, 5) is 0. The van der Waals surface area contributed by atoms with Crippen LogP contribution in [0.3, 0.4) is 0 Å². The normalized spacial score (nSPS) is 19.7. The second kappa shape index (κ2) is 3.97. The second-order valence-electron chi connectivity index (χ2n) is 4.77. The average molecular weight is 224 g/mol. The monoisotopic (exact) mass is 224 g/mol. The van der Waals surface area contributed by atoms with E-state index in [9.17, 15) is 0 Å². The summed E-state index contributed by atoms with van der Waals surface area (Å²) in [5.41, 5.74) is 7.69. The van der Waals surface area contributed by atoms with Crippen molar-refractivity contribution >= 4 is 11.5 Å². The Morgan fingerprint density at radius 3 is 2.56 bits per heavy atom. The van der Waals surface area contributed by atoms with Crippen LogP contribution >= 0.6 is 0 Å². The van der Waals surface area contributed by atoms with Gasteiger partial charge in [0, 0.05) is 25.8 Å².